The van der Waals surface area contributed by atoms with Crippen molar-refractivity contribution in [2.45, 2.75) is 59.3 Å². The largest absolute Gasteiger partial charge is 0.507 e. The predicted octanol–water partition coefficient (Wildman–Crippen LogP) is 6.19. The number of hydrogen-bond donors (Lipinski definition) is 2. The lowest BCUT2D eigenvalue weighted by atomic mass is 9.78. The van der Waals surface area contributed by atoms with Gasteiger partial charge in [0.05, 0.1) is 18.4 Å². The maximum absolute atomic E-state index is 11.0. The number of phenols is 1. The Labute approximate surface area is 195 Å². The fraction of sp³-hybridized carbons (Fsp3) is 0.400. The summed E-state index contributed by atoms with van der Waals surface area (Å²) >= 11 is 5.44. The van der Waals surface area contributed by atoms with Crippen molar-refractivity contribution >= 4 is 18.4 Å². The number of benzene rings is 2. The third kappa shape index (κ3) is 4.93. The number of nitrogens with zero attached hydrogens (tertiary/aromatic N) is 3. The van der Waals surface area contributed by atoms with E-state index in [0.29, 0.717) is 23.0 Å². The van der Waals surface area contributed by atoms with Crippen LogP contribution in [0.1, 0.15) is 65.2 Å². The first-order chi connectivity index (χ1) is 14.9. The van der Waals surface area contributed by atoms with E-state index in [0.717, 1.165) is 28.0 Å². The van der Waals surface area contributed by atoms with Gasteiger partial charge in [0, 0.05) is 11.1 Å². The zero-order valence-electron chi connectivity index (χ0n) is 19.9. The van der Waals surface area contributed by atoms with Crippen molar-refractivity contribution < 1.29 is 9.84 Å². The molecule has 32 heavy (non-hydrogen) atoms. The van der Waals surface area contributed by atoms with E-state index in [1.54, 1.807) is 10.9 Å². The van der Waals surface area contributed by atoms with Gasteiger partial charge >= 0.3 is 0 Å². The molecule has 0 aliphatic heterocycles. The van der Waals surface area contributed by atoms with Crippen LogP contribution in [0.4, 0.5) is 0 Å². The lowest BCUT2D eigenvalue weighted by molar-refractivity contribution is 0.341. The number of H-pyrrole nitrogens is 1. The van der Waals surface area contributed by atoms with Crippen molar-refractivity contribution in [1.82, 2.24) is 14.9 Å². The van der Waals surface area contributed by atoms with Gasteiger partial charge in [0.15, 0.2) is 5.82 Å². The molecule has 0 bridgehead atoms. The van der Waals surface area contributed by atoms with Crippen molar-refractivity contribution in [3.8, 4) is 22.9 Å². The highest BCUT2D eigenvalue weighted by atomic mass is 32.1. The van der Waals surface area contributed by atoms with E-state index in [9.17, 15) is 5.11 Å². The number of para-hydroxylation sites is 1. The Balaban J connectivity index is 2.12. The van der Waals surface area contributed by atoms with Crippen molar-refractivity contribution in [3.63, 3.8) is 0 Å². The van der Waals surface area contributed by atoms with Crippen LogP contribution in [0.15, 0.2) is 41.5 Å². The summed E-state index contributed by atoms with van der Waals surface area (Å²) in [5.41, 5.74) is 3.00. The molecule has 2 N–H and O–H groups in total. The maximum Gasteiger partial charge on any atom is 0.216 e. The number of phenolic OH excluding ortho intramolecular Hbond substituents is 1. The van der Waals surface area contributed by atoms with Crippen molar-refractivity contribution in [3.05, 3.63) is 57.9 Å². The second kappa shape index (κ2) is 8.90. The van der Waals surface area contributed by atoms with Crippen LogP contribution in [-0.4, -0.2) is 32.8 Å². The van der Waals surface area contributed by atoms with Crippen molar-refractivity contribution in [2.75, 3.05) is 6.61 Å². The van der Waals surface area contributed by atoms with Crippen LogP contribution in [0.25, 0.3) is 11.4 Å². The van der Waals surface area contributed by atoms with E-state index in [4.69, 9.17) is 17.0 Å². The second-order valence-corrected chi connectivity index (χ2v) is 10.2. The molecule has 1 heterocycles. The van der Waals surface area contributed by atoms with Gasteiger partial charge in [-0.2, -0.15) is 14.9 Å². The van der Waals surface area contributed by atoms with Crippen LogP contribution in [0, 0.1) is 4.77 Å². The number of aromatic nitrogens is 3. The van der Waals surface area contributed by atoms with E-state index >= 15 is 0 Å². The van der Waals surface area contributed by atoms with Gasteiger partial charge in [0.2, 0.25) is 4.77 Å². The van der Waals surface area contributed by atoms with Crippen molar-refractivity contribution in [2.24, 2.45) is 5.10 Å². The van der Waals surface area contributed by atoms with Crippen LogP contribution in [-0.2, 0) is 10.8 Å². The smallest absolute Gasteiger partial charge is 0.216 e. The summed E-state index contributed by atoms with van der Waals surface area (Å²) in [6.07, 6.45) is 1.75. The highest BCUT2D eigenvalue weighted by Gasteiger charge is 2.26. The molecule has 0 fully saturated rings. The standard InChI is InChI=1S/C25H32N4O2S/c1-8-31-20-12-10-9-11-17(20)22-27-28-23(32)29(22)26-15-16-13-18(24(2,3)4)21(30)19(14-16)25(5,6)7/h9-15,30H,8H2,1-7H3,(H,28,32)/b26-15-. The zero-order valence-corrected chi connectivity index (χ0v) is 20.7. The maximum atomic E-state index is 11.0. The lowest BCUT2D eigenvalue weighted by Gasteiger charge is -2.27. The van der Waals surface area contributed by atoms with Gasteiger partial charge in [0.1, 0.15) is 11.5 Å². The van der Waals surface area contributed by atoms with E-state index in [1.807, 2.05) is 43.3 Å². The Kier molecular flexibility index (Phi) is 6.60. The number of aromatic amines is 1. The SMILES string of the molecule is CCOc1ccccc1-c1n[nH]c(=S)n1/N=C\c1cc(C(C)(C)C)c(O)c(C(C)(C)C)c1. The van der Waals surface area contributed by atoms with Gasteiger partial charge in [-0.15, -0.1) is 0 Å². The fourth-order valence-electron chi connectivity index (χ4n) is 3.51. The average Bonchev–Trinajstić information content (AvgIpc) is 3.06. The van der Waals surface area contributed by atoms with E-state index in [1.165, 1.54) is 0 Å². The third-order valence-electron chi connectivity index (χ3n) is 5.15. The first-order valence-corrected chi connectivity index (χ1v) is 11.2. The Bertz CT molecular complexity index is 1160. The summed E-state index contributed by atoms with van der Waals surface area (Å²) < 4.78 is 7.73. The molecule has 0 atom stereocenters. The van der Waals surface area contributed by atoms with Gasteiger partial charge in [-0.1, -0.05) is 53.7 Å². The molecule has 0 radical (unpaired) electrons. The Morgan fingerprint density at radius 3 is 2.25 bits per heavy atom. The molecule has 0 unspecified atom stereocenters. The van der Waals surface area contributed by atoms with Gasteiger partial charge in [0.25, 0.3) is 0 Å². The van der Waals surface area contributed by atoms with Crippen LogP contribution in [0.2, 0.25) is 0 Å². The fourth-order valence-corrected chi connectivity index (χ4v) is 3.68. The minimum atomic E-state index is -0.221. The molecular weight excluding hydrogens is 420 g/mol. The minimum Gasteiger partial charge on any atom is -0.507 e. The zero-order chi connectivity index (χ0) is 23.7. The summed E-state index contributed by atoms with van der Waals surface area (Å²) in [6.45, 7) is 15.0. The molecule has 0 saturated heterocycles. The number of nitrogens with one attached hydrogen (secondary N) is 1. The van der Waals surface area contributed by atoms with Gasteiger partial charge in [-0.3, -0.25) is 0 Å². The van der Waals surface area contributed by atoms with E-state index in [-0.39, 0.29) is 10.8 Å². The molecule has 3 aromatic rings. The molecule has 7 heteroatoms. The minimum absolute atomic E-state index is 0.221. The van der Waals surface area contributed by atoms with Crippen molar-refractivity contribution in [1.29, 1.82) is 0 Å². The monoisotopic (exact) mass is 452 g/mol. The summed E-state index contributed by atoms with van der Waals surface area (Å²) in [4.78, 5) is 0. The van der Waals surface area contributed by atoms with Gasteiger partial charge in [-0.05, 0) is 59.8 Å². The Morgan fingerprint density at radius 1 is 1.09 bits per heavy atom. The Hall–Kier alpha value is -2.93. The number of aromatic hydroxyl groups is 1. The lowest BCUT2D eigenvalue weighted by Crippen LogP contribution is -2.18. The molecule has 170 valence electrons. The summed E-state index contributed by atoms with van der Waals surface area (Å²) in [7, 11) is 0. The quantitative estimate of drug-likeness (QED) is 0.357. The van der Waals surface area contributed by atoms with Gasteiger partial charge in [-0.25, -0.2) is 5.10 Å². The summed E-state index contributed by atoms with van der Waals surface area (Å²) in [5, 5.41) is 22.8. The first-order valence-electron chi connectivity index (χ1n) is 10.8. The molecule has 0 saturated carbocycles. The predicted molar refractivity (Wildman–Crippen MR) is 133 cm³/mol. The molecule has 3 rings (SSSR count). The first kappa shape index (κ1) is 23.7. The van der Waals surface area contributed by atoms with E-state index < -0.39 is 0 Å². The number of hydrogen-bond acceptors (Lipinski definition) is 5. The topological polar surface area (TPSA) is 75.4 Å². The average molecular weight is 453 g/mol. The summed E-state index contributed by atoms with van der Waals surface area (Å²) in [6, 6.07) is 11.6. The molecule has 2 aromatic carbocycles. The molecule has 0 aliphatic carbocycles. The van der Waals surface area contributed by atoms with Gasteiger partial charge < -0.3 is 9.84 Å². The number of rotatable bonds is 5. The Morgan fingerprint density at radius 2 is 1.69 bits per heavy atom. The van der Waals surface area contributed by atoms with E-state index in [2.05, 4.69) is 56.8 Å². The summed E-state index contributed by atoms with van der Waals surface area (Å²) in [5.74, 6) is 1.63. The van der Waals surface area contributed by atoms with Crippen LogP contribution < -0.4 is 4.74 Å². The highest BCUT2D eigenvalue weighted by Crippen LogP contribution is 2.39. The third-order valence-corrected chi connectivity index (χ3v) is 5.41. The van der Waals surface area contributed by atoms with Crippen LogP contribution in [0.3, 0.4) is 0 Å². The molecule has 0 aliphatic rings. The second-order valence-electron chi connectivity index (χ2n) is 9.80. The molecule has 1 aromatic heterocycles. The molecule has 0 amide bonds. The van der Waals surface area contributed by atoms with Crippen LogP contribution in [0.5, 0.6) is 11.5 Å². The number of ether oxygens (including phenoxy) is 1. The van der Waals surface area contributed by atoms with Crippen LogP contribution >= 0.6 is 12.2 Å². The highest BCUT2D eigenvalue weighted by molar-refractivity contribution is 7.71. The molecule has 0 spiro atoms. The molecule has 6 nitrogen and oxygen atoms in total. The normalized spacial score (nSPS) is 12.5. The molecular formula is C25H32N4O2S.